The van der Waals surface area contributed by atoms with Gasteiger partial charge in [-0.2, -0.15) is 4.31 Å². The van der Waals surface area contributed by atoms with Crippen molar-refractivity contribution >= 4 is 44.2 Å². The topological polar surface area (TPSA) is 91.2 Å². The van der Waals surface area contributed by atoms with Gasteiger partial charge in [-0.05, 0) is 19.1 Å². The largest absolute Gasteiger partial charge is 0.378 e. The third-order valence-corrected chi connectivity index (χ3v) is 8.19. The Hall–Kier alpha value is -2.56. The lowest BCUT2D eigenvalue weighted by atomic mass is 10.1. The molecule has 32 heavy (non-hydrogen) atoms. The summed E-state index contributed by atoms with van der Waals surface area (Å²) in [6, 6.07) is 4.15. The highest BCUT2D eigenvalue weighted by Crippen LogP contribution is 2.34. The number of hydrogen-bond acceptors (Lipinski definition) is 8. The summed E-state index contributed by atoms with van der Waals surface area (Å²) in [5, 5.41) is 1.03. The predicted octanol–water partition coefficient (Wildman–Crippen LogP) is 1.41. The Morgan fingerprint density at radius 3 is 2.53 bits per heavy atom. The lowest BCUT2D eigenvalue weighted by Crippen LogP contribution is -2.49. The number of anilines is 2. The number of allylic oxidation sites excluding steroid dienone is 1. The monoisotopic (exact) mass is 456 g/mol. The second-order valence-electron chi connectivity index (χ2n) is 8.12. The number of aliphatic imine (C=N–C) groups is 1. The van der Waals surface area contributed by atoms with E-state index in [0.717, 1.165) is 46.8 Å². The number of sulfonamides is 1. The first-order valence-electron chi connectivity index (χ1n) is 11.1. The molecule has 0 aliphatic carbocycles. The van der Waals surface area contributed by atoms with Gasteiger partial charge in [-0.3, -0.25) is 9.98 Å². The summed E-state index contributed by atoms with van der Waals surface area (Å²) >= 11 is 0. The van der Waals surface area contributed by atoms with Crippen molar-refractivity contribution in [2.45, 2.75) is 6.92 Å². The van der Waals surface area contributed by atoms with Crippen LogP contribution in [0.2, 0.25) is 0 Å². The highest BCUT2D eigenvalue weighted by atomic mass is 32.2. The molecule has 2 fully saturated rings. The zero-order valence-electron chi connectivity index (χ0n) is 18.3. The first kappa shape index (κ1) is 21.3. The molecule has 170 valence electrons. The van der Waals surface area contributed by atoms with Gasteiger partial charge in [0.1, 0.15) is 11.3 Å². The van der Waals surface area contributed by atoms with Gasteiger partial charge in [0.15, 0.2) is 0 Å². The number of ether oxygens (including phenoxy) is 1. The Kier molecular flexibility index (Phi) is 5.83. The fourth-order valence-electron chi connectivity index (χ4n) is 4.46. The average Bonchev–Trinajstić information content (AvgIpc) is 3.38. The smallest absolute Gasteiger partial charge is 0.213 e. The van der Waals surface area contributed by atoms with Crippen molar-refractivity contribution in [2.75, 3.05) is 74.6 Å². The van der Waals surface area contributed by atoms with Gasteiger partial charge in [-0.15, -0.1) is 0 Å². The van der Waals surface area contributed by atoms with E-state index in [9.17, 15) is 8.42 Å². The molecule has 10 heteroatoms. The van der Waals surface area contributed by atoms with E-state index in [4.69, 9.17) is 9.72 Å². The molecule has 0 unspecified atom stereocenters. The quantitative estimate of drug-likeness (QED) is 0.672. The van der Waals surface area contributed by atoms with Crippen molar-refractivity contribution in [3.8, 4) is 0 Å². The van der Waals surface area contributed by atoms with Gasteiger partial charge >= 0.3 is 0 Å². The van der Waals surface area contributed by atoms with Crippen LogP contribution in [0, 0.1) is 0 Å². The number of rotatable bonds is 5. The third kappa shape index (κ3) is 3.98. The summed E-state index contributed by atoms with van der Waals surface area (Å²) in [5.74, 6) is 1.05. The maximum absolute atomic E-state index is 12.3. The summed E-state index contributed by atoms with van der Waals surface area (Å²) in [4.78, 5) is 18.6. The summed E-state index contributed by atoms with van der Waals surface area (Å²) in [6.07, 6.45) is 5.64. The van der Waals surface area contributed by atoms with Crippen molar-refractivity contribution in [3.63, 3.8) is 0 Å². The van der Waals surface area contributed by atoms with Crippen LogP contribution in [0.4, 0.5) is 11.5 Å². The van der Waals surface area contributed by atoms with Gasteiger partial charge in [-0.25, -0.2) is 13.4 Å². The fraction of sp³-hybridized carbons (Fsp3) is 0.500. The number of pyridine rings is 2. The molecule has 0 N–H and O–H groups in total. The predicted molar refractivity (Wildman–Crippen MR) is 127 cm³/mol. The molecule has 3 aliphatic heterocycles. The SMILES string of the molecule is CCS(=O)(=O)N1CCN(c2cc(N3CCOCC3)nc3c(C4=CC=NC4)nccc23)CC1. The number of fused-ring (bicyclic) bond motifs is 1. The maximum atomic E-state index is 12.3. The van der Waals surface area contributed by atoms with Gasteiger partial charge in [0.2, 0.25) is 10.0 Å². The summed E-state index contributed by atoms with van der Waals surface area (Å²) < 4.78 is 31.8. The normalized spacial score (nSPS) is 20.2. The van der Waals surface area contributed by atoms with Crippen LogP contribution in [-0.4, -0.2) is 93.7 Å². The standard InChI is InChI=1S/C22H28N6O3S/c1-2-32(29,30)28-9-7-26(8-10-28)19-15-20(27-11-13-31-14-12-27)25-22-18(19)4-6-24-21(22)17-3-5-23-16-17/h3-6,15H,2,7-14,16H2,1H3. The number of nitrogens with zero attached hydrogens (tertiary/aromatic N) is 6. The van der Waals surface area contributed by atoms with E-state index in [1.807, 2.05) is 24.6 Å². The second kappa shape index (κ2) is 8.76. The van der Waals surface area contributed by atoms with Crippen molar-refractivity contribution in [1.29, 1.82) is 0 Å². The molecule has 0 radical (unpaired) electrons. The Balaban J connectivity index is 1.56. The number of piperazine rings is 1. The molecular formula is C22H28N6O3S. The van der Waals surface area contributed by atoms with E-state index < -0.39 is 10.0 Å². The summed E-state index contributed by atoms with van der Waals surface area (Å²) in [5.41, 5.74) is 3.87. The number of morpholine rings is 1. The van der Waals surface area contributed by atoms with E-state index in [-0.39, 0.29) is 5.75 Å². The van der Waals surface area contributed by atoms with Gasteiger partial charge < -0.3 is 14.5 Å². The average molecular weight is 457 g/mol. The first-order chi connectivity index (χ1) is 15.6. The minimum absolute atomic E-state index is 0.137. The lowest BCUT2D eigenvalue weighted by Gasteiger charge is -2.36. The van der Waals surface area contributed by atoms with E-state index in [2.05, 4.69) is 25.8 Å². The van der Waals surface area contributed by atoms with E-state index >= 15 is 0 Å². The van der Waals surface area contributed by atoms with E-state index in [1.54, 1.807) is 11.2 Å². The molecule has 0 bridgehead atoms. The molecule has 0 spiro atoms. The molecule has 5 rings (SSSR count). The molecular weight excluding hydrogens is 428 g/mol. The van der Waals surface area contributed by atoms with E-state index in [1.165, 1.54) is 0 Å². The minimum atomic E-state index is -3.17. The second-order valence-corrected chi connectivity index (χ2v) is 10.4. The van der Waals surface area contributed by atoms with Crippen LogP contribution in [0.1, 0.15) is 12.6 Å². The van der Waals surface area contributed by atoms with Gasteiger partial charge in [0.05, 0.1) is 36.9 Å². The van der Waals surface area contributed by atoms with Crippen LogP contribution in [0.25, 0.3) is 16.5 Å². The Morgan fingerprint density at radius 1 is 1.06 bits per heavy atom. The maximum Gasteiger partial charge on any atom is 0.213 e. The zero-order valence-corrected chi connectivity index (χ0v) is 19.1. The molecule has 9 nitrogen and oxygen atoms in total. The molecule has 2 saturated heterocycles. The molecule has 3 aliphatic rings. The van der Waals surface area contributed by atoms with E-state index in [0.29, 0.717) is 45.9 Å². The lowest BCUT2D eigenvalue weighted by molar-refractivity contribution is 0.122. The molecule has 0 saturated carbocycles. The Bertz CT molecular complexity index is 1170. The molecule has 0 atom stereocenters. The number of hydrogen-bond donors (Lipinski definition) is 0. The van der Waals surface area contributed by atoms with Crippen LogP contribution >= 0.6 is 0 Å². The molecule has 0 aromatic carbocycles. The van der Waals surface area contributed by atoms with Gasteiger partial charge in [0.25, 0.3) is 0 Å². The molecule has 5 heterocycles. The van der Waals surface area contributed by atoms with Crippen molar-refractivity contribution < 1.29 is 13.2 Å². The van der Waals surface area contributed by atoms with Gasteiger partial charge in [-0.1, -0.05) is 0 Å². The summed E-state index contributed by atoms with van der Waals surface area (Å²) in [7, 11) is -3.17. The summed E-state index contributed by atoms with van der Waals surface area (Å²) in [6.45, 7) is 7.52. The Labute approximate surface area is 188 Å². The third-order valence-electron chi connectivity index (χ3n) is 6.31. The first-order valence-corrected chi connectivity index (χ1v) is 12.7. The fourth-order valence-corrected chi connectivity index (χ4v) is 5.55. The molecule has 2 aromatic rings. The zero-order chi connectivity index (χ0) is 22.1. The van der Waals surface area contributed by atoms with Crippen molar-refractivity contribution in [1.82, 2.24) is 14.3 Å². The highest BCUT2D eigenvalue weighted by molar-refractivity contribution is 7.89. The highest BCUT2D eigenvalue weighted by Gasteiger charge is 2.28. The van der Waals surface area contributed by atoms with Crippen molar-refractivity contribution in [3.05, 3.63) is 30.1 Å². The number of aromatic nitrogens is 2. The van der Waals surface area contributed by atoms with Crippen molar-refractivity contribution in [2.24, 2.45) is 4.99 Å². The van der Waals surface area contributed by atoms with Crippen LogP contribution in [-0.2, 0) is 14.8 Å². The van der Waals surface area contributed by atoms with Crippen LogP contribution in [0.3, 0.4) is 0 Å². The van der Waals surface area contributed by atoms with Crippen LogP contribution in [0.15, 0.2) is 29.4 Å². The van der Waals surface area contributed by atoms with Crippen LogP contribution in [0.5, 0.6) is 0 Å². The molecule has 2 aromatic heterocycles. The minimum Gasteiger partial charge on any atom is -0.378 e. The Morgan fingerprint density at radius 2 is 1.84 bits per heavy atom. The van der Waals surface area contributed by atoms with Gasteiger partial charge in [0, 0.05) is 68.7 Å². The van der Waals surface area contributed by atoms with Crippen LogP contribution < -0.4 is 9.80 Å². The molecule has 0 amide bonds.